The zero-order chi connectivity index (χ0) is 16.4. The number of hydrogen-bond donors (Lipinski definition) is 0. The Morgan fingerprint density at radius 1 is 1.39 bits per heavy atom. The molecule has 0 radical (unpaired) electrons. The summed E-state index contributed by atoms with van der Waals surface area (Å²) in [6, 6.07) is -0.354. The second kappa shape index (κ2) is 6.47. The first kappa shape index (κ1) is 15.6. The normalized spacial score (nSPS) is 20.0. The van der Waals surface area contributed by atoms with Crippen molar-refractivity contribution in [1.29, 1.82) is 0 Å². The average molecular weight is 318 g/mol. The molecule has 2 aromatic heterocycles. The third-order valence-electron chi connectivity index (χ3n) is 4.24. The van der Waals surface area contributed by atoms with Crippen LogP contribution in [0.5, 0.6) is 0 Å². The first-order chi connectivity index (χ1) is 11.1. The fourth-order valence-electron chi connectivity index (χ4n) is 2.83. The number of amides is 1. The number of carbonyl (C=O) groups is 1. The molecule has 124 valence electrons. The van der Waals surface area contributed by atoms with Crippen molar-refractivity contribution in [3.8, 4) is 0 Å². The molecule has 0 bridgehead atoms. The van der Waals surface area contributed by atoms with Gasteiger partial charge in [0, 0.05) is 24.9 Å². The molecule has 8 heteroatoms. The maximum atomic E-state index is 12.7. The van der Waals surface area contributed by atoms with Crippen LogP contribution < -0.4 is 0 Å². The third-order valence-corrected chi connectivity index (χ3v) is 4.24. The fraction of sp³-hybridized carbons (Fsp3) is 0.667. The van der Waals surface area contributed by atoms with Crippen LogP contribution in [0.15, 0.2) is 17.2 Å². The smallest absolute Gasteiger partial charge is 0.247 e. The molecule has 1 fully saturated rings. The first-order valence-electron chi connectivity index (χ1n) is 8.02. The summed E-state index contributed by atoms with van der Waals surface area (Å²) in [5.74, 6) is 1.75. The van der Waals surface area contributed by atoms with E-state index in [-0.39, 0.29) is 23.8 Å². The van der Waals surface area contributed by atoms with Crippen LogP contribution in [0.2, 0.25) is 0 Å². The summed E-state index contributed by atoms with van der Waals surface area (Å²) in [4.78, 5) is 22.9. The van der Waals surface area contributed by atoms with Crippen LogP contribution in [0.4, 0.5) is 0 Å². The molecule has 0 aromatic carbocycles. The van der Waals surface area contributed by atoms with Gasteiger partial charge in [-0.3, -0.25) is 4.79 Å². The number of carbonyl (C=O) groups excluding carboxylic acids is 1. The average Bonchev–Trinajstić information content (AvgIpc) is 3.25. The molecule has 1 saturated heterocycles. The minimum atomic E-state index is -0.354. The third kappa shape index (κ3) is 3.25. The van der Waals surface area contributed by atoms with Crippen LogP contribution in [-0.4, -0.2) is 48.8 Å². The number of aromatic nitrogens is 5. The van der Waals surface area contributed by atoms with E-state index < -0.39 is 0 Å². The highest BCUT2D eigenvalue weighted by Crippen LogP contribution is 2.27. The van der Waals surface area contributed by atoms with Gasteiger partial charge in [-0.15, -0.1) is 0 Å². The topological polar surface area (TPSA) is 89.9 Å². The molecule has 0 saturated carbocycles. The molecule has 1 aliphatic rings. The predicted molar refractivity (Wildman–Crippen MR) is 81.7 cm³/mol. The lowest BCUT2D eigenvalue weighted by Gasteiger charge is -2.33. The number of nitrogens with zero attached hydrogens (tertiary/aromatic N) is 6. The van der Waals surface area contributed by atoms with Crippen molar-refractivity contribution in [1.82, 2.24) is 29.8 Å². The van der Waals surface area contributed by atoms with Crippen molar-refractivity contribution in [3.05, 3.63) is 24.4 Å². The van der Waals surface area contributed by atoms with Crippen LogP contribution in [0.25, 0.3) is 0 Å². The number of rotatable bonds is 4. The van der Waals surface area contributed by atoms with Crippen molar-refractivity contribution in [3.63, 3.8) is 0 Å². The van der Waals surface area contributed by atoms with E-state index in [4.69, 9.17) is 4.52 Å². The largest absolute Gasteiger partial charge is 0.340 e. The van der Waals surface area contributed by atoms with E-state index in [0.29, 0.717) is 18.3 Å². The van der Waals surface area contributed by atoms with Crippen LogP contribution in [0.1, 0.15) is 63.2 Å². The van der Waals surface area contributed by atoms with E-state index in [9.17, 15) is 4.79 Å². The van der Waals surface area contributed by atoms with E-state index in [1.54, 1.807) is 11.0 Å². The van der Waals surface area contributed by atoms with E-state index in [0.717, 1.165) is 19.4 Å². The monoisotopic (exact) mass is 318 g/mol. The molecule has 2 atom stereocenters. The van der Waals surface area contributed by atoms with Crippen LogP contribution >= 0.6 is 0 Å². The number of piperidine rings is 1. The van der Waals surface area contributed by atoms with E-state index >= 15 is 0 Å². The van der Waals surface area contributed by atoms with Gasteiger partial charge in [0.1, 0.15) is 18.7 Å². The fourth-order valence-corrected chi connectivity index (χ4v) is 2.83. The highest BCUT2D eigenvalue weighted by molar-refractivity contribution is 5.80. The van der Waals surface area contributed by atoms with Gasteiger partial charge in [-0.2, -0.15) is 10.1 Å². The predicted octanol–water partition coefficient (Wildman–Crippen LogP) is 1.75. The Morgan fingerprint density at radius 2 is 2.22 bits per heavy atom. The highest BCUT2D eigenvalue weighted by Gasteiger charge is 2.31. The second-order valence-electron chi connectivity index (χ2n) is 6.32. The van der Waals surface area contributed by atoms with Gasteiger partial charge in [0.2, 0.25) is 11.8 Å². The Balaban J connectivity index is 1.69. The lowest BCUT2D eigenvalue weighted by molar-refractivity contribution is -0.135. The molecule has 2 aromatic rings. The molecule has 0 spiro atoms. The number of hydrogen-bond acceptors (Lipinski definition) is 6. The summed E-state index contributed by atoms with van der Waals surface area (Å²) in [6.45, 7) is 7.26. The van der Waals surface area contributed by atoms with E-state index in [1.807, 2.05) is 25.7 Å². The molecule has 0 unspecified atom stereocenters. The summed E-state index contributed by atoms with van der Waals surface area (Å²) in [5, 5.41) is 8.15. The zero-order valence-corrected chi connectivity index (χ0v) is 13.7. The van der Waals surface area contributed by atoms with Gasteiger partial charge >= 0.3 is 0 Å². The molecule has 0 N–H and O–H groups in total. The van der Waals surface area contributed by atoms with Crippen molar-refractivity contribution in [2.45, 2.75) is 51.5 Å². The molecular weight excluding hydrogens is 296 g/mol. The molecule has 23 heavy (non-hydrogen) atoms. The van der Waals surface area contributed by atoms with Gasteiger partial charge in [0.15, 0.2) is 5.82 Å². The van der Waals surface area contributed by atoms with Gasteiger partial charge in [-0.25, -0.2) is 9.67 Å². The van der Waals surface area contributed by atoms with Crippen molar-refractivity contribution in [2.75, 3.05) is 13.1 Å². The quantitative estimate of drug-likeness (QED) is 0.853. The molecular formula is C15H22N6O2. The molecule has 3 heterocycles. The van der Waals surface area contributed by atoms with Crippen LogP contribution in [0.3, 0.4) is 0 Å². The number of likely N-dealkylation sites (tertiary alicyclic amines) is 1. The summed E-state index contributed by atoms with van der Waals surface area (Å²) < 4.78 is 6.87. The van der Waals surface area contributed by atoms with Crippen molar-refractivity contribution < 1.29 is 9.32 Å². The molecule has 3 rings (SSSR count). The second-order valence-corrected chi connectivity index (χ2v) is 6.32. The molecule has 1 aliphatic heterocycles. The molecule has 0 aliphatic carbocycles. The summed E-state index contributed by atoms with van der Waals surface area (Å²) in [7, 11) is 0. The first-order valence-corrected chi connectivity index (χ1v) is 8.02. The van der Waals surface area contributed by atoms with Gasteiger partial charge < -0.3 is 9.42 Å². The lowest BCUT2D eigenvalue weighted by atomic mass is 9.97. The SMILES string of the molecule is CC(C)c1nc([C@@H]2CCCN(C(=O)[C@@H](C)n3cncn3)C2)no1. The van der Waals surface area contributed by atoms with E-state index in [2.05, 4.69) is 20.2 Å². The summed E-state index contributed by atoms with van der Waals surface area (Å²) in [6.07, 6.45) is 4.91. The maximum Gasteiger partial charge on any atom is 0.247 e. The Morgan fingerprint density at radius 3 is 2.87 bits per heavy atom. The summed E-state index contributed by atoms with van der Waals surface area (Å²) >= 11 is 0. The Bertz CT molecular complexity index is 651. The van der Waals surface area contributed by atoms with Gasteiger partial charge in [0.25, 0.3) is 0 Å². The van der Waals surface area contributed by atoms with Gasteiger partial charge in [-0.05, 0) is 19.8 Å². The van der Waals surface area contributed by atoms with Crippen molar-refractivity contribution >= 4 is 5.91 Å². The minimum Gasteiger partial charge on any atom is -0.340 e. The minimum absolute atomic E-state index is 0.0489. The molecule has 8 nitrogen and oxygen atoms in total. The zero-order valence-electron chi connectivity index (χ0n) is 13.7. The van der Waals surface area contributed by atoms with Crippen LogP contribution in [-0.2, 0) is 4.79 Å². The highest BCUT2D eigenvalue weighted by atomic mass is 16.5. The molecule has 1 amide bonds. The standard InChI is InChI=1S/C15H22N6O2/c1-10(2)14-18-13(19-23-14)12-5-4-6-20(7-12)15(22)11(3)21-9-16-8-17-21/h8-12H,4-7H2,1-3H3/t11-,12-/m1/s1. The Kier molecular flexibility index (Phi) is 4.40. The van der Waals surface area contributed by atoms with Gasteiger partial charge in [0.05, 0.1) is 0 Å². The van der Waals surface area contributed by atoms with E-state index in [1.165, 1.54) is 6.33 Å². The maximum absolute atomic E-state index is 12.7. The Hall–Kier alpha value is -2.25. The van der Waals surface area contributed by atoms with Crippen LogP contribution in [0, 0.1) is 0 Å². The summed E-state index contributed by atoms with van der Waals surface area (Å²) in [5.41, 5.74) is 0. The lowest BCUT2D eigenvalue weighted by Crippen LogP contribution is -2.42. The Labute approximate surface area is 134 Å². The van der Waals surface area contributed by atoms with Crippen molar-refractivity contribution in [2.24, 2.45) is 0 Å². The van der Waals surface area contributed by atoms with Gasteiger partial charge in [-0.1, -0.05) is 19.0 Å².